The molecular weight excluding hydrogens is 145 g/mol. The smallest absolute Gasteiger partial charge is 0.243 e. The minimum Gasteiger partial charge on any atom is -0.349 e. The number of carbonyl (C=O) groups is 1. The largest absolute Gasteiger partial charge is 0.349 e. The summed E-state index contributed by atoms with van der Waals surface area (Å²) in [4.78, 5) is 10.6. The summed E-state index contributed by atoms with van der Waals surface area (Å²) in [5, 5.41) is 2.72. The first-order chi connectivity index (χ1) is 4.81. The Kier molecular flexibility index (Phi) is 6.51. The van der Waals surface area contributed by atoms with Gasteiger partial charge in [-0.15, -0.1) is 8.58 Å². The van der Waals surface area contributed by atoms with Gasteiger partial charge in [0.05, 0.1) is 0 Å². The fraction of sp³-hybridized carbons (Fsp3) is 0.571. The molecule has 0 aromatic carbocycles. The minimum absolute atomic E-state index is 0.0661. The third-order valence-electron chi connectivity index (χ3n) is 1.000. The van der Waals surface area contributed by atoms with E-state index in [2.05, 4.69) is 18.8 Å². The Morgan fingerprint density at radius 3 is 3.00 bits per heavy atom. The van der Waals surface area contributed by atoms with E-state index in [1.165, 1.54) is 18.7 Å². The van der Waals surface area contributed by atoms with E-state index in [1.807, 2.05) is 0 Å². The van der Waals surface area contributed by atoms with Gasteiger partial charge in [-0.2, -0.15) is 0 Å². The van der Waals surface area contributed by atoms with Crippen molar-refractivity contribution in [3.05, 3.63) is 12.7 Å². The molecule has 0 rings (SSSR count). The molecule has 2 nitrogen and oxygen atoms in total. The van der Waals surface area contributed by atoms with Crippen molar-refractivity contribution in [2.45, 2.75) is 13.3 Å². The average Bonchev–Trinajstić information content (AvgIpc) is 1.98. The minimum atomic E-state index is -0.0661. The first kappa shape index (κ1) is 9.64. The first-order valence-electron chi connectivity index (χ1n) is 3.42. The van der Waals surface area contributed by atoms with Crippen molar-refractivity contribution in [2.75, 3.05) is 12.4 Å². The quantitative estimate of drug-likeness (QED) is 0.366. The lowest BCUT2D eigenvalue weighted by Crippen LogP contribution is -2.19. The molecule has 1 atom stereocenters. The van der Waals surface area contributed by atoms with Crippen LogP contribution in [0.3, 0.4) is 0 Å². The van der Waals surface area contributed by atoms with E-state index >= 15 is 0 Å². The maximum Gasteiger partial charge on any atom is 0.243 e. The average molecular weight is 159 g/mol. The molecule has 10 heavy (non-hydrogen) atoms. The molecule has 1 unspecified atom stereocenters. The maximum atomic E-state index is 10.6. The van der Waals surface area contributed by atoms with E-state index in [1.54, 1.807) is 0 Å². The standard InChI is InChI=1S/C7H14NOP/c1-3-5-10-6-8-7(9)4-2/h4,10H,2-3,5-6H2,1H3,(H,8,9). The van der Waals surface area contributed by atoms with Gasteiger partial charge < -0.3 is 5.32 Å². The van der Waals surface area contributed by atoms with Crippen LogP contribution < -0.4 is 5.32 Å². The lowest BCUT2D eigenvalue weighted by molar-refractivity contribution is -0.116. The highest BCUT2D eigenvalue weighted by molar-refractivity contribution is 7.37. The Morgan fingerprint density at radius 2 is 2.50 bits per heavy atom. The summed E-state index contributed by atoms with van der Waals surface area (Å²) in [6, 6.07) is 0. The number of carbonyl (C=O) groups excluding carboxylic acids is 1. The number of rotatable bonds is 5. The molecule has 0 heterocycles. The summed E-state index contributed by atoms with van der Waals surface area (Å²) < 4.78 is 0. The van der Waals surface area contributed by atoms with Crippen molar-refractivity contribution in [3.8, 4) is 0 Å². The zero-order chi connectivity index (χ0) is 7.82. The van der Waals surface area contributed by atoms with Crippen LogP contribution in [0.25, 0.3) is 0 Å². The van der Waals surface area contributed by atoms with Crippen LogP contribution in [-0.2, 0) is 4.79 Å². The molecule has 0 saturated heterocycles. The van der Waals surface area contributed by atoms with Crippen LogP contribution >= 0.6 is 8.58 Å². The third-order valence-corrected chi connectivity index (χ3v) is 2.28. The van der Waals surface area contributed by atoms with E-state index in [-0.39, 0.29) is 5.91 Å². The van der Waals surface area contributed by atoms with Gasteiger partial charge in [-0.25, -0.2) is 0 Å². The van der Waals surface area contributed by atoms with Crippen molar-refractivity contribution in [3.63, 3.8) is 0 Å². The summed E-state index contributed by atoms with van der Waals surface area (Å²) in [6.45, 7) is 5.49. The molecule has 0 spiro atoms. The van der Waals surface area contributed by atoms with Crippen LogP contribution in [0.15, 0.2) is 12.7 Å². The molecule has 0 aliphatic carbocycles. The fourth-order valence-electron chi connectivity index (χ4n) is 0.487. The molecule has 0 aromatic heterocycles. The van der Waals surface area contributed by atoms with Gasteiger partial charge in [0.1, 0.15) is 0 Å². The molecular formula is C7H14NOP. The number of hydrogen-bond donors (Lipinski definition) is 1. The number of hydrogen-bond acceptors (Lipinski definition) is 1. The van der Waals surface area contributed by atoms with Crippen molar-refractivity contribution < 1.29 is 4.79 Å². The second-order valence-electron chi connectivity index (χ2n) is 1.92. The van der Waals surface area contributed by atoms with Gasteiger partial charge in [0, 0.05) is 6.29 Å². The molecule has 1 N–H and O–H groups in total. The normalized spacial score (nSPS) is 10.1. The molecule has 0 fully saturated rings. The molecule has 0 radical (unpaired) electrons. The van der Waals surface area contributed by atoms with Crippen LogP contribution in [0.2, 0.25) is 0 Å². The maximum absolute atomic E-state index is 10.6. The van der Waals surface area contributed by atoms with Gasteiger partial charge in [0.15, 0.2) is 0 Å². The second kappa shape index (κ2) is 6.76. The lowest BCUT2D eigenvalue weighted by Gasteiger charge is -1.99. The van der Waals surface area contributed by atoms with Crippen LogP contribution in [-0.4, -0.2) is 18.4 Å². The van der Waals surface area contributed by atoms with Gasteiger partial charge in [-0.3, -0.25) is 4.79 Å². The number of amides is 1. The SMILES string of the molecule is C=CC(=O)NCPCCC. The van der Waals surface area contributed by atoms with Gasteiger partial charge in [-0.05, 0) is 12.2 Å². The predicted molar refractivity (Wildman–Crippen MR) is 46.7 cm³/mol. The highest BCUT2D eigenvalue weighted by atomic mass is 31.1. The van der Waals surface area contributed by atoms with Crippen molar-refractivity contribution >= 4 is 14.5 Å². The van der Waals surface area contributed by atoms with E-state index in [0.29, 0.717) is 0 Å². The Morgan fingerprint density at radius 1 is 1.80 bits per heavy atom. The molecule has 0 aliphatic rings. The summed E-state index contributed by atoms with van der Waals surface area (Å²) in [7, 11) is 0.848. The Bertz CT molecular complexity index is 114. The Hall–Kier alpha value is -0.360. The van der Waals surface area contributed by atoms with Gasteiger partial charge in [0.25, 0.3) is 0 Å². The van der Waals surface area contributed by atoms with Gasteiger partial charge in [-0.1, -0.05) is 19.9 Å². The lowest BCUT2D eigenvalue weighted by atomic mass is 10.6. The van der Waals surface area contributed by atoms with Crippen LogP contribution in [0, 0.1) is 0 Å². The molecule has 0 aliphatic heterocycles. The highest BCUT2D eigenvalue weighted by Crippen LogP contribution is 2.07. The molecule has 0 aromatic rings. The Balaban J connectivity index is 3.03. The third kappa shape index (κ3) is 5.77. The summed E-state index contributed by atoms with van der Waals surface area (Å²) in [5.41, 5.74) is 0. The van der Waals surface area contributed by atoms with Crippen LogP contribution in [0.1, 0.15) is 13.3 Å². The zero-order valence-corrected chi connectivity index (χ0v) is 7.31. The summed E-state index contributed by atoms with van der Waals surface area (Å²) >= 11 is 0. The molecule has 3 heteroatoms. The topological polar surface area (TPSA) is 29.1 Å². The Labute approximate surface area is 63.9 Å². The molecule has 1 amide bonds. The van der Waals surface area contributed by atoms with Crippen molar-refractivity contribution in [1.82, 2.24) is 5.32 Å². The van der Waals surface area contributed by atoms with E-state index in [4.69, 9.17) is 0 Å². The first-order valence-corrected chi connectivity index (χ1v) is 4.83. The second-order valence-corrected chi connectivity index (χ2v) is 3.28. The van der Waals surface area contributed by atoms with E-state index < -0.39 is 0 Å². The van der Waals surface area contributed by atoms with Crippen molar-refractivity contribution in [1.29, 1.82) is 0 Å². The van der Waals surface area contributed by atoms with Gasteiger partial charge >= 0.3 is 0 Å². The van der Waals surface area contributed by atoms with E-state index in [9.17, 15) is 4.79 Å². The van der Waals surface area contributed by atoms with Crippen molar-refractivity contribution in [2.24, 2.45) is 0 Å². The summed E-state index contributed by atoms with van der Waals surface area (Å²) in [6.07, 6.45) is 4.51. The zero-order valence-electron chi connectivity index (χ0n) is 6.31. The van der Waals surface area contributed by atoms with Crippen LogP contribution in [0.4, 0.5) is 0 Å². The summed E-state index contributed by atoms with van der Waals surface area (Å²) in [5.74, 6) is -0.0661. The molecule has 0 saturated carbocycles. The molecule has 58 valence electrons. The monoisotopic (exact) mass is 159 g/mol. The highest BCUT2D eigenvalue weighted by Gasteiger charge is 1.89. The predicted octanol–water partition coefficient (Wildman–Crippen LogP) is 1.33. The van der Waals surface area contributed by atoms with Crippen LogP contribution in [0.5, 0.6) is 0 Å². The molecule has 0 bridgehead atoms. The van der Waals surface area contributed by atoms with Gasteiger partial charge in [0.2, 0.25) is 5.91 Å². The van der Waals surface area contributed by atoms with E-state index in [0.717, 1.165) is 14.9 Å². The number of nitrogens with one attached hydrogen (secondary N) is 1. The fourth-order valence-corrected chi connectivity index (χ4v) is 1.32.